The van der Waals surface area contributed by atoms with Gasteiger partial charge in [0.25, 0.3) is 0 Å². The molecule has 0 saturated carbocycles. The van der Waals surface area contributed by atoms with Gasteiger partial charge in [0.2, 0.25) is 0 Å². The molecule has 1 aromatic rings. The molecule has 92 valence electrons. The molecule has 4 nitrogen and oxygen atoms in total. The Labute approximate surface area is 100.0 Å². The van der Waals surface area contributed by atoms with Crippen LogP contribution in [0.4, 0.5) is 4.39 Å². The van der Waals surface area contributed by atoms with E-state index in [2.05, 4.69) is 5.32 Å². The standard InChI is InChI=1S/C12H15FN2O2/c1-16-5-3-15-9-10-6-11(13)8-12(7-10)17-4-2-14/h6-8,15H,3-5,9H2,1H3. The molecule has 0 bridgehead atoms. The van der Waals surface area contributed by atoms with Gasteiger partial charge in [0.1, 0.15) is 17.6 Å². The van der Waals surface area contributed by atoms with Gasteiger partial charge in [-0.3, -0.25) is 0 Å². The summed E-state index contributed by atoms with van der Waals surface area (Å²) in [6.45, 7) is 1.75. The van der Waals surface area contributed by atoms with E-state index in [-0.39, 0.29) is 12.4 Å². The summed E-state index contributed by atoms with van der Waals surface area (Å²) in [5, 5.41) is 11.5. The summed E-state index contributed by atoms with van der Waals surface area (Å²) in [6.07, 6.45) is 0. The molecule has 17 heavy (non-hydrogen) atoms. The van der Waals surface area contributed by atoms with Crippen LogP contribution in [0.15, 0.2) is 18.2 Å². The van der Waals surface area contributed by atoms with Crippen molar-refractivity contribution in [3.8, 4) is 11.8 Å². The van der Waals surface area contributed by atoms with Gasteiger partial charge in [-0.1, -0.05) is 0 Å². The predicted octanol–water partition coefficient (Wildman–Crippen LogP) is 1.46. The molecule has 0 amide bonds. The second-order valence-electron chi connectivity index (χ2n) is 3.41. The average Bonchev–Trinajstić information content (AvgIpc) is 2.31. The number of ether oxygens (including phenoxy) is 2. The molecule has 0 fully saturated rings. The molecule has 5 heteroatoms. The summed E-state index contributed by atoms with van der Waals surface area (Å²) in [7, 11) is 1.62. The summed E-state index contributed by atoms with van der Waals surface area (Å²) in [6, 6.07) is 6.24. The molecular formula is C12H15FN2O2. The summed E-state index contributed by atoms with van der Waals surface area (Å²) in [5.74, 6) is -0.000858. The van der Waals surface area contributed by atoms with Crippen LogP contribution in [-0.4, -0.2) is 26.9 Å². The molecule has 0 saturated heterocycles. The van der Waals surface area contributed by atoms with Crippen LogP contribution >= 0.6 is 0 Å². The van der Waals surface area contributed by atoms with Crippen LogP contribution in [-0.2, 0) is 11.3 Å². The Morgan fingerprint density at radius 3 is 2.94 bits per heavy atom. The summed E-state index contributed by atoms with van der Waals surface area (Å²) in [4.78, 5) is 0. The molecule has 0 aliphatic heterocycles. The highest BCUT2D eigenvalue weighted by atomic mass is 19.1. The van der Waals surface area contributed by atoms with Gasteiger partial charge < -0.3 is 14.8 Å². The third kappa shape index (κ3) is 5.29. The van der Waals surface area contributed by atoms with Crippen molar-refractivity contribution >= 4 is 0 Å². The van der Waals surface area contributed by atoms with E-state index in [1.54, 1.807) is 13.2 Å². The van der Waals surface area contributed by atoms with E-state index in [9.17, 15) is 4.39 Å². The van der Waals surface area contributed by atoms with Crippen LogP contribution in [0.1, 0.15) is 5.56 Å². The van der Waals surface area contributed by atoms with Gasteiger partial charge in [-0.25, -0.2) is 4.39 Å². The van der Waals surface area contributed by atoms with Crippen molar-refractivity contribution < 1.29 is 13.9 Å². The molecular weight excluding hydrogens is 223 g/mol. The van der Waals surface area contributed by atoms with Crippen molar-refractivity contribution in [2.24, 2.45) is 0 Å². The maximum absolute atomic E-state index is 13.2. The largest absolute Gasteiger partial charge is 0.479 e. The van der Waals surface area contributed by atoms with Crippen molar-refractivity contribution in [3.05, 3.63) is 29.6 Å². The Kier molecular flexibility index (Phi) is 6.00. The van der Waals surface area contributed by atoms with Crippen LogP contribution in [0.2, 0.25) is 0 Å². The number of nitrogens with one attached hydrogen (secondary N) is 1. The third-order valence-corrected chi connectivity index (χ3v) is 2.05. The average molecular weight is 238 g/mol. The summed E-state index contributed by atoms with van der Waals surface area (Å²) < 4.78 is 23.1. The fourth-order valence-electron chi connectivity index (χ4n) is 1.33. The molecule has 1 rings (SSSR count). The number of hydrogen-bond acceptors (Lipinski definition) is 4. The van der Waals surface area contributed by atoms with E-state index >= 15 is 0 Å². The van der Waals surface area contributed by atoms with Gasteiger partial charge in [0.15, 0.2) is 6.61 Å². The van der Waals surface area contributed by atoms with E-state index < -0.39 is 0 Å². The Hall–Kier alpha value is -1.64. The monoisotopic (exact) mass is 238 g/mol. The van der Waals surface area contributed by atoms with Gasteiger partial charge in [-0.2, -0.15) is 5.26 Å². The maximum atomic E-state index is 13.2. The van der Waals surface area contributed by atoms with Gasteiger partial charge in [0.05, 0.1) is 6.61 Å². The fraction of sp³-hybridized carbons (Fsp3) is 0.417. The lowest BCUT2D eigenvalue weighted by Gasteiger charge is -2.07. The van der Waals surface area contributed by atoms with Crippen molar-refractivity contribution in [1.29, 1.82) is 5.26 Å². The number of halogens is 1. The summed E-state index contributed by atoms with van der Waals surface area (Å²) >= 11 is 0. The van der Waals surface area contributed by atoms with Crippen molar-refractivity contribution in [3.63, 3.8) is 0 Å². The fourth-order valence-corrected chi connectivity index (χ4v) is 1.33. The van der Waals surface area contributed by atoms with Crippen LogP contribution in [0, 0.1) is 17.1 Å². The minimum absolute atomic E-state index is 0.0833. The molecule has 0 radical (unpaired) electrons. The van der Waals surface area contributed by atoms with Crippen LogP contribution in [0.25, 0.3) is 0 Å². The molecule has 0 atom stereocenters. The van der Waals surface area contributed by atoms with Crippen molar-refractivity contribution in [2.75, 3.05) is 26.9 Å². The smallest absolute Gasteiger partial charge is 0.174 e. The zero-order valence-electron chi connectivity index (χ0n) is 9.70. The summed E-state index contributed by atoms with van der Waals surface area (Å²) in [5.41, 5.74) is 0.772. The van der Waals surface area contributed by atoms with Crippen LogP contribution in [0.5, 0.6) is 5.75 Å². The number of nitriles is 1. The number of benzene rings is 1. The van der Waals surface area contributed by atoms with E-state index in [0.29, 0.717) is 25.4 Å². The molecule has 0 spiro atoms. The number of methoxy groups -OCH3 is 1. The Balaban J connectivity index is 2.53. The first-order valence-electron chi connectivity index (χ1n) is 5.25. The zero-order chi connectivity index (χ0) is 12.5. The number of hydrogen-bond donors (Lipinski definition) is 1. The first-order valence-corrected chi connectivity index (χ1v) is 5.25. The van der Waals surface area contributed by atoms with Crippen LogP contribution < -0.4 is 10.1 Å². The lowest BCUT2D eigenvalue weighted by atomic mass is 10.2. The van der Waals surface area contributed by atoms with Crippen molar-refractivity contribution in [1.82, 2.24) is 5.32 Å². The highest BCUT2D eigenvalue weighted by Gasteiger charge is 2.01. The predicted molar refractivity (Wildman–Crippen MR) is 61.1 cm³/mol. The SMILES string of the molecule is COCCNCc1cc(F)cc(OCC#N)c1. The Morgan fingerprint density at radius 2 is 2.24 bits per heavy atom. The van der Waals surface area contributed by atoms with Gasteiger partial charge >= 0.3 is 0 Å². The normalized spacial score (nSPS) is 9.94. The first kappa shape index (κ1) is 13.4. The molecule has 0 aliphatic rings. The lowest BCUT2D eigenvalue weighted by Crippen LogP contribution is -2.18. The number of rotatable bonds is 7. The maximum Gasteiger partial charge on any atom is 0.174 e. The van der Waals surface area contributed by atoms with E-state index in [4.69, 9.17) is 14.7 Å². The molecule has 0 aromatic heterocycles. The quantitative estimate of drug-likeness (QED) is 0.731. The zero-order valence-corrected chi connectivity index (χ0v) is 9.70. The van der Waals surface area contributed by atoms with Gasteiger partial charge in [-0.15, -0.1) is 0 Å². The molecule has 0 aliphatic carbocycles. The first-order chi connectivity index (χ1) is 8.26. The highest BCUT2D eigenvalue weighted by Crippen LogP contribution is 2.16. The lowest BCUT2D eigenvalue weighted by molar-refractivity contribution is 0.199. The van der Waals surface area contributed by atoms with E-state index in [1.165, 1.54) is 12.1 Å². The Bertz CT molecular complexity index is 391. The highest BCUT2D eigenvalue weighted by molar-refractivity contribution is 5.29. The minimum atomic E-state index is -0.371. The van der Waals surface area contributed by atoms with E-state index in [0.717, 1.165) is 5.56 Å². The molecule has 0 unspecified atom stereocenters. The molecule has 1 N–H and O–H groups in total. The second-order valence-corrected chi connectivity index (χ2v) is 3.41. The van der Waals surface area contributed by atoms with E-state index in [1.807, 2.05) is 6.07 Å². The van der Waals surface area contributed by atoms with Gasteiger partial charge in [-0.05, 0) is 17.7 Å². The van der Waals surface area contributed by atoms with Crippen molar-refractivity contribution in [2.45, 2.75) is 6.54 Å². The molecule has 0 heterocycles. The van der Waals surface area contributed by atoms with Gasteiger partial charge in [0, 0.05) is 26.3 Å². The van der Waals surface area contributed by atoms with Crippen LogP contribution in [0.3, 0.4) is 0 Å². The molecule has 1 aromatic carbocycles. The number of nitrogens with zero attached hydrogens (tertiary/aromatic N) is 1. The third-order valence-electron chi connectivity index (χ3n) is 2.05. The Morgan fingerprint density at radius 1 is 1.41 bits per heavy atom. The second kappa shape index (κ2) is 7.60. The topological polar surface area (TPSA) is 54.3 Å². The minimum Gasteiger partial charge on any atom is -0.479 e.